The van der Waals surface area contributed by atoms with E-state index < -0.39 is 12.1 Å². The van der Waals surface area contributed by atoms with Gasteiger partial charge in [0.1, 0.15) is 18.2 Å². The molecule has 5 heterocycles. The van der Waals surface area contributed by atoms with E-state index in [-0.39, 0.29) is 5.41 Å². The number of carbonyl (C=O) groups is 1. The third-order valence-electron chi connectivity index (χ3n) is 8.42. The first kappa shape index (κ1) is 29.3. The zero-order valence-electron chi connectivity index (χ0n) is 24.9. The van der Waals surface area contributed by atoms with Gasteiger partial charge in [-0.2, -0.15) is 14.7 Å². The molecule has 1 N–H and O–H groups in total. The number of fused-ring (bicyclic) bond motifs is 8. The van der Waals surface area contributed by atoms with E-state index >= 15 is 0 Å². The fraction of sp³-hybridized carbons (Fsp3) is 0.438. The number of nitrogens with zero attached hydrogens (tertiary/aromatic N) is 6. The molecule has 0 saturated carbocycles. The normalized spacial score (nSPS) is 20.3. The van der Waals surface area contributed by atoms with Crippen LogP contribution in [0.3, 0.4) is 0 Å². The van der Waals surface area contributed by atoms with Crippen LogP contribution in [0.1, 0.15) is 68.1 Å². The number of carbonyl (C=O) groups excluding carboxylic acids is 1. The number of piperidine rings is 1. The van der Waals surface area contributed by atoms with Crippen molar-refractivity contribution in [2.24, 2.45) is 10.5 Å². The standard InChI is InChI=1S/C32H40N6O4/c1-22-20-37(33-4)21-24-11-7-8-12-26(24)42-18-10-6-9-13-32(3)14-16-36(17-15-32)30-28(29(39)31(40)41-5)23(2)34-27-19-25(22)35-38(27)30/h6-8,10-12,19-20,29,39H,4,9,13-18,21H2,1-3,5H3/b10-6+,22-20+/t29-/m0/s1. The summed E-state index contributed by atoms with van der Waals surface area (Å²) in [6.07, 6.45) is 8.67. The Hall–Kier alpha value is -4.18. The van der Waals surface area contributed by atoms with E-state index in [1.807, 2.05) is 50.4 Å². The van der Waals surface area contributed by atoms with Crippen molar-refractivity contribution in [3.63, 3.8) is 0 Å². The Balaban J connectivity index is 1.63. The molecule has 4 bridgehead atoms. The smallest absolute Gasteiger partial charge is 0.339 e. The SMILES string of the molecule is C=NN1/C=C(\C)c2cc3nc(C)c([C@H](O)C(=O)OC)c(n3n2)N2CCC(C)(CC/C=C/COc3ccccc3C1)CC2. The number of aliphatic hydroxyl groups excluding tert-OH is 1. The average Bonchev–Trinajstić information content (AvgIpc) is 3.41. The highest BCUT2D eigenvalue weighted by molar-refractivity contribution is 5.79. The van der Waals surface area contributed by atoms with Gasteiger partial charge in [-0.05, 0) is 56.6 Å². The Morgan fingerprint density at radius 2 is 1.95 bits per heavy atom. The van der Waals surface area contributed by atoms with Gasteiger partial charge in [0, 0.05) is 43.3 Å². The lowest BCUT2D eigenvalue weighted by Crippen LogP contribution is -2.40. The van der Waals surface area contributed by atoms with Crippen LogP contribution in [0.5, 0.6) is 5.75 Å². The van der Waals surface area contributed by atoms with E-state index in [2.05, 4.69) is 35.8 Å². The zero-order valence-corrected chi connectivity index (χ0v) is 24.9. The summed E-state index contributed by atoms with van der Waals surface area (Å²) in [5.41, 5.74) is 4.34. The second-order valence-corrected chi connectivity index (χ2v) is 11.4. The summed E-state index contributed by atoms with van der Waals surface area (Å²) in [7, 11) is 1.27. The summed E-state index contributed by atoms with van der Waals surface area (Å²) in [4.78, 5) is 19.5. The number of hydrogen-bond donors (Lipinski definition) is 1. The van der Waals surface area contributed by atoms with Crippen molar-refractivity contribution >= 4 is 29.7 Å². The molecular formula is C32H40N6O4. The average molecular weight is 573 g/mol. The molecule has 3 aromatic rings. The van der Waals surface area contributed by atoms with Crippen LogP contribution in [-0.4, -0.2) is 64.2 Å². The lowest BCUT2D eigenvalue weighted by atomic mass is 9.76. The summed E-state index contributed by atoms with van der Waals surface area (Å²) in [6.45, 7) is 12.4. The Kier molecular flexibility index (Phi) is 8.63. The van der Waals surface area contributed by atoms with Gasteiger partial charge in [0.15, 0.2) is 11.8 Å². The summed E-state index contributed by atoms with van der Waals surface area (Å²) >= 11 is 0. The van der Waals surface area contributed by atoms with E-state index in [0.29, 0.717) is 41.6 Å². The lowest BCUT2D eigenvalue weighted by molar-refractivity contribution is -0.150. The highest BCUT2D eigenvalue weighted by Gasteiger charge is 2.35. The molecule has 1 atom stereocenters. The number of rotatable bonds is 3. The van der Waals surface area contributed by atoms with Crippen molar-refractivity contribution in [3.8, 4) is 5.75 Å². The molecule has 222 valence electrons. The predicted molar refractivity (Wildman–Crippen MR) is 163 cm³/mol. The summed E-state index contributed by atoms with van der Waals surface area (Å²) in [6, 6.07) is 9.86. The van der Waals surface area contributed by atoms with Crippen molar-refractivity contribution in [3.05, 3.63) is 71.2 Å². The number of methoxy groups -OCH3 is 1. The van der Waals surface area contributed by atoms with E-state index in [1.54, 1.807) is 9.52 Å². The molecule has 0 amide bonds. The first-order valence-corrected chi connectivity index (χ1v) is 14.4. The monoisotopic (exact) mass is 572 g/mol. The van der Waals surface area contributed by atoms with Crippen molar-refractivity contribution < 1.29 is 19.4 Å². The van der Waals surface area contributed by atoms with E-state index in [1.165, 1.54) is 7.11 Å². The van der Waals surface area contributed by atoms with Crippen molar-refractivity contribution in [2.75, 3.05) is 31.7 Å². The minimum atomic E-state index is -1.47. The van der Waals surface area contributed by atoms with Gasteiger partial charge in [-0.1, -0.05) is 37.3 Å². The molecule has 10 heteroatoms. The molecule has 0 spiro atoms. The molecule has 1 aromatic carbocycles. The maximum absolute atomic E-state index is 12.5. The highest BCUT2D eigenvalue weighted by Crippen LogP contribution is 2.40. The molecule has 0 radical (unpaired) electrons. The van der Waals surface area contributed by atoms with Gasteiger partial charge in [-0.15, -0.1) is 0 Å². The van der Waals surface area contributed by atoms with Gasteiger partial charge in [-0.25, -0.2) is 9.78 Å². The van der Waals surface area contributed by atoms with Gasteiger partial charge in [0.2, 0.25) is 0 Å². The Labute approximate surface area is 246 Å². The maximum Gasteiger partial charge on any atom is 0.339 e. The fourth-order valence-electron chi connectivity index (χ4n) is 5.80. The van der Waals surface area contributed by atoms with Crippen LogP contribution in [0, 0.1) is 12.3 Å². The number of hydrogen-bond acceptors (Lipinski definition) is 9. The van der Waals surface area contributed by atoms with Crippen LogP contribution in [-0.2, 0) is 16.1 Å². The van der Waals surface area contributed by atoms with Crippen LogP contribution in [0.15, 0.2) is 53.8 Å². The van der Waals surface area contributed by atoms with Gasteiger partial charge in [0.25, 0.3) is 0 Å². The minimum absolute atomic E-state index is 0.174. The molecule has 42 heavy (non-hydrogen) atoms. The predicted octanol–water partition coefficient (Wildman–Crippen LogP) is 5.06. The molecule has 10 nitrogen and oxygen atoms in total. The molecule has 1 fully saturated rings. The molecular weight excluding hydrogens is 532 g/mol. The second-order valence-electron chi connectivity index (χ2n) is 11.4. The van der Waals surface area contributed by atoms with E-state index in [0.717, 1.165) is 55.7 Å². The van der Waals surface area contributed by atoms with Crippen molar-refractivity contribution in [2.45, 2.75) is 59.1 Å². The maximum atomic E-state index is 12.5. The number of hydrazone groups is 1. The van der Waals surface area contributed by atoms with Gasteiger partial charge >= 0.3 is 5.97 Å². The first-order chi connectivity index (χ1) is 20.2. The van der Waals surface area contributed by atoms with Gasteiger partial charge in [0.05, 0.1) is 24.9 Å². The second kappa shape index (κ2) is 12.4. The number of allylic oxidation sites excluding steroid dienone is 2. The van der Waals surface area contributed by atoms with E-state index in [4.69, 9.17) is 19.6 Å². The molecule has 0 unspecified atom stereocenters. The number of ether oxygens (including phenoxy) is 2. The quantitative estimate of drug-likeness (QED) is 0.264. The van der Waals surface area contributed by atoms with Crippen LogP contribution < -0.4 is 9.64 Å². The topological polar surface area (TPSA) is 105 Å². The number of aliphatic hydroxyl groups is 1. The zero-order chi connectivity index (χ0) is 29.9. The Morgan fingerprint density at radius 1 is 1.19 bits per heavy atom. The van der Waals surface area contributed by atoms with Crippen LogP contribution >= 0.6 is 0 Å². The van der Waals surface area contributed by atoms with Crippen LogP contribution in [0.4, 0.5) is 5.82 Å². The third-order valence-corrected chi connectivity index (χ3v) is 8.42. The summed E-state index contributed by atoms with van der Waals surface area (Å²) < 4.78 is 12.8. The summed E-state index contributed by atoms with van der Waals surface area (Å²) in [5.74, 6) is 0.760. The highest BCUT2D eigenvalue weighted by atomic mass is 16.5. The number of aryl methyl sites for hydroxylation is 1. The summed E-state index contributed by atoms with van der Waals surface area (Å²) in [5, 5.41) is 22.0. The van der Waals surface area contributed by atoms with Crippen LogP contribution in [0.25, 0.3) is 11.2 Å². The van der Waals surface area contributed by atoms with Crippen molar-refractivity contribution in [1.29, 1.82) is 0 Å². The Morgan fingerprint density at radius 3 is 2.69 bits per heavy atom. The number of para-hydroxylation sites is 1. The first-order valence-electron chi connectivity index (χ1n) is 14.4. The number of anilines is 1. The van der Waals surface area contributed by atoms with Crippen molar-refractivity contribution in [1.82, 2.24) is 19.6 Å². The number of aromatic nitrogens is 3. The molecule has 1 saturated heterocycles. The third kappa shape index (κ3) is 6.04. The fourth-order valence-corrected chi connectivity index (χ4v) is 5.80. The van der Waals surface area contributed by atoms with Gasteiger partial charge in [-0.3, -0.25) is 5.01 Å². The lowest BCUT2D eigenvalue weighted by Gasteiger charge is -2.41. The molecule has 6 rings (SSSR count). The largest absolute Gasteiger partial charge is 0.489 e. The van der Waals surface area contributed by atoms with Crippen LogP contribution in [0.2, 0.25) is 0 Å². The molecule has 3 aliphatic heterocycles. The molecule has 3 aliphatic rings. The number of benzene rings is 1. The van der Waals surface area contributed by atoms with Gasteiger partial charge < -0.3 is 19.5 Å². The van der Waals surface area contributed by atoms with E-state index in [9.17, 15) is 9.90 Å². The Bertz CT molecular complexity index is 1520. The molecule has 2 aromatic heterocycles. The minimum Gasteiger partial charge on any atom is -0.489 e. The molecule has 0 aliphatic carbocycles. The number of esters is 1.